The molecular formula is C11H15NO. The van der Waals surface area contributed by atoms with E-state index < -0.39 is 0 Å². The average molecular weight is 177 g/mol. The van der Waals surface area contributed by atoms with Gasteiger partial charge in [-0.25, -0.2) is 0 Å². The predicted molar refractivity (Wildman–Crippen MR) is 52.6 cm³/mol. The highest BCUT2D eigenvalue weighted by Crippen LogP contribution is 2.24. The van der Waals surface area contributed by atoms with E-state index in [0.29, 0.717) is 6.42 Å². The van der Waals surface area contributed by atoms with E-state index >= 15 is 0 Å². The summed E-state index contributed by atoms with van der Waals surface area (Å²) in [6.07, 6.45) is 4.02. The van der Waals surface area contributed by atoms with Crippen LogP contribution in [0, 0.1) is 0 Å². The number of carbonyl (C=O) groups excluding carboxylic acids is 1. The van der Waals surface area contributed by atoms with Crippen LogP contribution in [0.3, 0.4) is 0 Å². The molecule has 0 fully saturated rings. The first kappa shape index (κ1) is 9.90. The van der Waals surface area contributed by atoms with Crippen LogP contribution in [0.2, 0.25) is 0 Å². The van der Waals surface area contributed by atoms with Gasteiger partial charge >= 0.3 is 0 Å². The molecule has 1 aromatic heterocycles. The zero-order valence-corrected chi connectivity index (χ0v) is 8.37. The maximum absolute atomic E-state index is 11.6. The van der Waals surface area contributed by atoms with Crippen LogP contribution in [0.15, 0.2) is 24.5 Å². The predicted octanol–water partition coefficient (Wildman–Crippen LogP) is 2.34. The summed E-state index contributed by atoms with van der Waals surface area (Å²) in [5.41, 5.74) is 0.659. The molecule has 70 valence electrons. The summed E-state index contributed by atoms with van der Waals surface area (Å²) in [5, 5.41) is 0. The number of ketones is 1. The summed E-state index contributed by atoms with van der Waals surface area (Å²) >= 11 is 0. The van der Waals surface area contributed by atoms with Crippen molar-refractivity contribution in [1.29, 1.82) is 0 Å². The van der Waals surface area contributed by atoms with E-state index in [-0.39, 0.29) is 11.2 Å². The van der Waals surface area contributed by atoms with Crippen LogP contribution in [-0.4, -0.2) is 10.8 Å². The van der Waals surface area contributed by atoms with Gasteiger partial charge in [0.25, 0.3) is 0 Å². The molecule has 0 radical (unpaired) electrons. The van der Waals surface area contributed by atoms with Crippen LogP contribution in [0.1, 0.15) is 32.8 Å². The minimum atomic E-state index is -0.377. The van der Waals surface area contributed by atoms with Crippen LogP contribution in [-0.2, 0) is 10.2 Å². The molecule has 0 unspecified atom stereocenters. The summed E-state index contributed by atoms with van der Waals surface area (Å²) in [7, 11) is 0. The quantitative estimate of drug-likeness (QED) is 0.709. The van der Waals surface area contributed by atoms with E-state index in [9.17, 15) is 4.79 Å². The SMILES string of the molecule is CCC(=O)C(C)(C)c1ccncc1. The Morgan fingerprint density at radius 2 is 1.92 bits per heavy atom. The fourth-order valence-electron chi connectivity index (χ4n) is 1.37. The van der Waals surface area contributed by atoms with Crippen molar-refractivity contribution in [1.82, 2.24) is 4.98 Å². The minimum absolute atomic E-state index is 0.263. The third-order valence-electron chi connectivity index (χ3n) is 2.42. The van der Waals surface area contributed by atoms with Gasteiger partial charge in [0.1, 0.15) is 5.78 Å². The van der Waals surface area contributed by atoms with Gasteiger partial charge in [0.05, 0.1) is 0 Å². The second-order valence-electron chi connectivity index (χ2n) is 3.64. The Labute approximate surface area is 79.0 Å². The molecule has 0 amide bonds. The molecule has 0 N–H and O–H groups in total. The van der Waals surface area contributed by atoms with E-state index in [4.69, 9.17) is 0 Å². The Morgan fingerprint density at radius 1 is 1.38 bits per heavy atom. The van der Waals surface area contributed by atoms with Crippen molar-refractivity contribution < 1.29 is 4.79 Å². The molecule has 0 aliphatic carbocycles. The zero-order chi connectivity index (χ0) is 9.90. The molecule has 1 heterocycles. The number of hydrogen-bond donors (Lipinski definition) is 0. The van der Waals surface area contributed by atoms with Crippen molar-refractivity contribution in [2.24, 2.45) is 0 Å². The molecule has 0 bridgehead atoms. The standard InChI is InChI=1S/C11H15NO/c1-4-10(13)11(2,3)9-5-7-12-8-6-9/h5-8H,4H2,1-3H3. The van der Waals surface area contributed by atoms with Crippen molar-refractivity contribution in [3.05, 3.63) is 30.1 Å². The Bertz CT molecular complexity index is 290. The normalized spacial score (nSPS) is 11.3. The van der Waals surface area contributed by atoms with Crippen molar-refractivity contribution in [3.63, 3.8) is 0 Å². The number of carbonyl (C=O) groups is 1. The number of Topliss-reactive ketones (excluding diaryl/α,β-unsaturated/α-hetero) is 1. The van der Waals surface area contributed by atoms with E-state index in [1.54, 1.807) is 12.4 Å². The highest BCUT2D eigenvalue weighted by molar-refractivity contribution is 5.88. The highest BCUT2D eigenvalue weighted by Gasteiger charge is 2.27. The summed E-state index contributed by atoms with van der Waals surface area (Å²) in [5.74, 6) is 0.263. The number of pyridine rings is 1. The number of hydrogen-bond acceptors (Lipinski definition) is 2. The van der Waals surface area contributed by atoms with Crippen LogP contribution >= 0.6 is 0 Å². The number of rotatable bonds is 3. The van der Waals surface area contributed by atoms with Crippen LogP contribution < -0.4 is 0 Å². The Balaban J connectivity index is 3.00. The first-order valence-corrected chi connectivity index (χ1v) is 4.53. The van der Waals surface area contributed by atoms with Gasteiger partial charge < -0.3 is 0 Å². The molecule has 0 atom stereocenters. The van der Waals surface area contributed by atoms with Gasteiger partial charge in [0.15, 0.2) is 0 Å². The topological polar surface area (TPSA) is 30.0 Å². The molecule has 0 aliphatic heterocycles. The molecule has 2 nitrogen and oxygen atoms in total. The molecular weight excluding hydrogens is 162 g/mol. The summed E-state index contributed by atoms with van der Waals surface area (Å²) < 4.78 is 0. The van der Waals surface area contributed by atoms with Gasteiger partial charge in [-0.1, -0.05) is 6.92 Å². The Morgan fingerprint density at radius 3 is 2.38 bits per heavy atom. The largest absolute Gasteiger partial charge is 0.299 e. The molecule has 0 saturated heterocycles. The lowest BCUT2D eigenvalue weighted by atomic mass is 9.80. The maximum Gasteiger partial charge on any atom is 0.142 e. The van der Waals surface area contributed by atoms with Gasteiger partial charge in [-0.05, 0) is 31.5 Å². The lowest BCUT2D eigenvalue weighted by Gasteiger charge is -2.22. The van der Waals surface area contributed by atoms with Gasteiger partial charge in [-0.2, -0.15) is 0 Å². The smallest absolute Gasteiger partial charge is 0.142 e. The van der Waals surface area contributed by atoms with Crippen LogP contribution in [0.25, 0.3) is 0 Å². The van der Waals surface area contributed by atoms with Gasteiger partial charge in [-0.3, -0.25) is 9.78 Å². The number of aromatic nitrogens is 1. The lowest BCUT2D eigenvalue weighted by molar-refractivity contribution is -0.123. The molecule has 1 rings (SSSR count). The van der Waals surface area contributed by atoms with Crippen molar-refractivity contribution in [3.8, 4) is 0 Å². The molecule has 0 aliphatic rings. The first-order valence-electron chi connectivity index (χ1n) is 4.53. The molecule has 13 heavy (non-hydrogen) atoms. The molecule has 0 aromatic carbocycles. The number of nitrogens with zero attached hydrogens (tertiary/aromatic N) is 1. The van der Waals surface area contributed by atoms with E-state index in [2.05, 4.69) is 4.98 Å². The van der Waals surface area contributed by atoms with Crippen molar-refractivity contribution in [2.45, 2.75) is 32.6 Å². The van der Waals surface area contributed by atoms with Crippen LogP contribution in [0.4, 0.5) is 0 Å². The molecule has 2 heteroatoms. The second kappa shape index (κ2) is 3.69. The van der Waals surface area contributed by atoms with E-state index in [0.717, 1.165) is 5.56 Å². The maximum atomic E-state index is 11.6. The highest BCUT2D eigenvalue weighted by atomic mass is 16.1. The van der Waals surface area contributed by atoms with Crippen molar-refractivity contribution >= 4 is 5.78 Å². The summed E-state index contributed by atoms with van der Waals surface area (Å²) in [6, 6.07) is 3.79. The van der Waals surface area contributed by atoms with E-state index in [1.165, 1.54) is 0 Å². The average Bonchev–Trinajstić information content (AvgIpc) is 2.18. The fraction of sp³-hybridized carbons (Fsp3) is 0.455. The molecule has 1 aromatic rings. The van der Waals surface area contributed by atoms with Gasteiger partial charge in [0, 0.05) is 24.2 Å². The Hall–Kier alpha value is -1.18. The first-order chi connectivity index (χ1) is 6.09. The van der Waals surface area contributed by atoms with Gasteiger partial charge in [0.2, 0.25) is 0 Å². The van der Waals surface area contributed by atoms with Crippen molar-refractivity contribution in [2.75, 3.05) is 0 Å². The molecule has 0 saturated carbocycles. The summed E-state index contributed by atoms with van der Waals surface area (Å²) in [4.78, 5) is 15.5. The van der Waals surface area contributed by atoms with Gasteiger partial charge in [-0.15, -0.1) is 0 Å². The molecule has 0 spiro atoms. The third-order valence-corrected chi connectivity index (χ3v) is 2.42. The van der Waals surface area contributed by atoms with E-state index in [1.807, 2.05) is 32.9 Å². The minimum Gasteiger partial charge on any atom is -0.299 e. The fourth-order valence-corrected chi connectivity index (χ4v) is 1.37. The lowest BCUT2D eigenvalue weighted by Crippen LogP contribution is -2.28. The monoisotopic (exact) mass is 177 g/mol. The second-order valence-corrected chi connectivity index (χ2v) is 3.64. The Kier molecular flexibility index (Phi) is 2.81. The zero-order valence-electron chi connectivity index (χ0n) is 8.37. The summed E-state index contributed by atoms with van der Waals surface area (Å²) in [6.45, 7) is 5.80. The van der Waals surface area contributed by atoms with Crippen LogP contribution in [0.5, 0.6) is 0 Å². The third kappa shape index (κ3) is 1.94.